The summed E-state index contributed by atoms with van der Waals surface area (Å²) in [5.74, 6) is -0.242. The van der Waals surface area contributed by atoms with Gasteiger partial charge in [-0.2, -0.15) is 0 Å². The van der Waals surface area contributed by atoms with Gasteiger partial charge >= 0.3 is 0 Å². The van der Waals surface area contributed by atoms with Crippen LogP contribution in [0.3, 0.4) is 0 Å². The van der Waals surface area contributed by atoms with Crippen molar-refractivity contribution >= 4 is 11.7 Å². The summed E-state index contributed by atoms with van der Waals surface area (Å²) in [6.07, 6.45) is 2.03. The van der Waals surface area contributed by atoms with Crippen molar-refractivity contribution in [3.05, 3.63) is 35.4 Å². The molecule has 1 fully saturated rings. The van der Waals surface area contributed by atoms with Gasteiger partial charge in [-0.3, -0.25) is 9.59 Å². The van der Waals surface area contributed by atoms with Gasteiger partial charge in [-0.15, -0.1) is 0 Å². The van der Waals surface area contributed by atoms with E-state index in [2.05, 4.69) is 0 Å². The molecule has 1 saturated heterocycles. The molecule has 0 atom stereocenters. The summed E-state index contributed by atoms with van der Waals surface area (Å²) in [5, 5.41) is 0. The highest BCUT2D eigenvalue weighted by molar-refractivity contribution is 6.02. The Hall–Kier alpha value is -1.71. The quantitative estimate of drug-likeness (QED) is 0.776. The zero-order valence-corrected chi connectivity index (χ0v) is 10.7. The average Bonchev–Trinajstić information content (AvgIpc) is 2.72. The summed E-state index contributed by atoms with van der Waals surface area (Å²) in [4.78, 5) is 25.0. The Morgan fingerprint density at radius 2 is 1.95 bits per heavy atom. The molecule has 1 amide bonds. The SMILES string of the molecule is O=C1CC2(CCN(C(=O)CF)CC2)c2ccccc21. The van der Waals surface area contributed by atoms with Crippen molar-refractivity contribution < 1.29 is 14.0 Å². The zero-order chi connectivity index (χ0) is 13.5. The molecule has 4 heteroatoms. The van der Waals surface area contributed by atoms with Gasteiger partial charge in [0.05, 0.1) is 0 Å². The van der Waals surface area contributed by atoms with Crippen LogP contribution in [-0.4, -0.2) is 36.4 Å². The zero-order valence-electron chi connectivity index (χ0n) is 10.7. The Bertz CT molecular complexity index is 533. The molecule has 19 heavy (non-hydrogen) atoms. The lowest BCUT2D eigenvalue weighted by Crippen LogP contribution is -2.45. The number of carbonyl (C=O) groups excluding carboxylic acids is 2. The second kappa shape index (κ2) is 4.44. The van der Waals surface area contributed by atoms with Crippen LogP contribution in [0.25, 0.3) is 0 Å². The van der Waals surface area contributed by atoms with E-state index in [0.717, 1.165) is 24.0 Å². The highest BCUT2D eigenvalue weighted by atomic mass is 19.1. The van der Waals surface area contributed by atoms with Crippen molar-refractivity contribution in [3.63, 3.8) is 0 Å². The minimum absolute atomic E-state index is 0.124. The van der Waals surface area contributed by atoms with Gasteiger partial charge in [0.2, 0.25) is 0 Å². The third kappa shape index (κ3) is 1.86. The number of hydrogen-bond donors (Lipinski definition) is 0. The molecule has 1 aliphatic carbocycles. The Morgan fingerprint density at radius 3 is 2.63 bits per heavy atom. The summed E-state index contributed by atoms with van der Waals surface area (Å²) in [6.45, 7) is 0.164. The van der Waals surface area contributed by atoms with E-state index in [-0.39, 0.29) is 11.2 Å². The summed E-state index contributed by atoms with van der Waals surface area (Å²) in [7, 11) is 0. The van der Waals surface area contributed by atoms with Crippen molar-refractivity contribution in [1.29, 1.82) is 0 Å². The molecule has 1 aliphatic heterocycles. The molecular weight excluding hydrogens is 245 g/mol. The van der Waals surface area contributed by atoms with Crippen LogP contribution in [0, 0.1) is 0 Å². The first-order chi connectivity index (χ1) is 9.16. The second-order valence-electron chi connectivity index (χ2n) is 5.44. The molecule has 0 bridgehead atoms. The molecule has 3 nitrogen and oxygen atoms in total. The van der Waals surface area contributed by atoms with E-state index in [1.165, 1.54) is 0 Å². The lowest BCUT2D eigenvalue weighted by molar-refractivity contribution is -0.133. The van der Waals surface area contributed by atoms with Gasteiger partial charge in [-0.1, -0.05) is 24.3 Å². The Balaban J connectivity index is 1.85. The summed E-state index contributed by atoms with van der Waals surface area (Å²) in [5.41, 5.74) is 1.82. The lowest BCUT2D eigenvalue weighted by Gasteiger charge is -2.39. The number of fused-ring (bicyclic) bond motifs is 2. The fourth-order valence-electron chi connectivity index (χ4n) is 3.40. The van der Waals surface area contributed by atoms with Crippen LogP contribution < -0.4 is 0 Å². The van der Waals surface area contributed by atoms with Crippen LogP contribution in [0.2, 0.25) is 0 Å². The van der Waals surface area contributed by atoms with Gasteiger partial charge in [-0.05, 0) is 18.4 Å². The average molecular weight is 261 g/mol. The number of alkyl halides is 1. The van der Waals surface area contributed by atoms with Gasteiger partial charge in [0, 0.05) is 30.5 Å². The molecule has 0 N–H and O–H groups in total. The minimum Gasteiger partial charge on any atom is -0.340 e. The number of rotatable bonds is 1. The van der Waals surface area contributed by atoms with Crippen LogP contribution in [0.5, 0.6) is 0 Å². The van der Waals surface area contributed by atoms with E-state index >= 15 is 0 Å². The van der Waals surface area contributed by atoms with Crippen molar-refractivity contribution in [1.82, 2.24) is 4.90 Å². The molecule has 0 aromatic heterocycles. The minimum atomic E-state index is -0.928. The summed E-state index contributed by atoms with van der Waals surface area (Å²) < 4.78 is 12.4. The van der Waals surface area contributed by atoms with Crippen LogP contribution in [0.15, 0.2) is 24.3 Å². The maximum Gasteiger partial charge on any atom is 0.253 e. The number of benzene rings is 1. The number of amides is 1. The van der Waals surface area contributed by atoms with Crippen LogP contribution in [0.4, 0.5) is 4.39 Å². The van der Waals surface area contributed by atoms with Crippen molar-refractivity contribution in [2.45, 2.75) is 24.7 Å². The second-order valence-corrected chi connectivity index (χ2v) is 5.44. The normalized spacial score (nSPS) is 20.7. The molecule has 0 radical (unpaired) electrons. The number of halogens is 1. The summed E-state index contributed by atoms with van der Waals surface area (Å²) >= 11 is 0. The van der Waals surface area contributed by atoms with Crippen molar-refractivity contribution in [2.75, 3.05) is 19.8 Å². The van der Waals surface area contributed by atoms with Crippen LogP contribution in [-0.2, 0) is 10.2 Å². The standard InChI is InChI=1S/C15H16FNO2/c16-10-14(19)17-7-5-15(6-8-17)9-13(18)11-3-1-2-4-12(11)15/h1-4H,5-10H2. The molecule has 3 rings (SSSR count). The molecule has 1 spiro atoms. The predicted octanol–water partition coefficient (Wildman–Crippen LogP) is 2.10. The monoisotopic (exact) mass is 261 g/mol. The topological polar surface area (TPSA) is 37.4 Å². The van der Waals surface area contributed by atoms with Crippen LogP contribution >= 0.6 is 0 Å². The van der Waals surface area contributed by atoms with Gasteiger partial charge in [0.1, 0.15) is 0 Å². The number of nitrogens with zero attached hydrogens (tertiary/aromatic N) is 1. The number of carbonyl (C=O) groups is 2. The Labute approximate surface area is 111 Å². The Morgan fingerprint density at radius 1 is 1.26 bits per heavy atom. The van der Waals surface area contributed by atoms with Gasteiger partial charge in [0.25, 0.3) is 5.91 Å². The molecule has 1 aromatic carbocycles. The lowest BCUT2D eigenvalue weighted by atomic mass is 9.74. The van der Waals surface area contributed by atoms with E-state index in [1.807, 2.05) is 24.3 Å². The first-order valence-electron chi connectivity index (χ1n) is 6.63. The first kappa shape index (κ1) is 12.3. The van der Waals surface area contributed by atoms with E-state index in [1.54, 1.807) is 4.90 Å². The molecule has 0 unspecified atom stereocenters. The van der Waals surface area contributed by atoms with E-state index < -0.39 is 12.6 Å². The largest absolute Gasteiger partial charge is 0.340 e. The molecule has 0 saturated carbocycles. The molecule has 2 aliphatic rings. The number of ketones is 1. The molecule has 100 valence electrons. The van der Waals surface area contributed by atoms with Crippen LogP contribution in [0.1, 0.15) is 35.2 Å². The Kier molecular flexibility index (Phi) is 2.88. The number of Topliss-reactive ketones (excluding diaryl/α,β-unsaturated/α-hetero) is 1. The number of hydrogen-bond acceptors (Lipinski definition) is 2. The third-order valence-electron chi connectivity index (χ3n) is 4.49. The maximum atomic E-state index is 12.4. The highest BCUT2D eigenvalue weighted by Gasteiger charge is 2.45. The van der Waals surface area contributed by atoms with Gasteiger partial charge in [-0.25, -0.2) is 4.39 Å². The maximum absolute atomic E-state index is 12.4. The fourth-order valence-corrected chi connectivity index (χ4v) is 3.40. The fraction of sp³-hybridized carbons (Fsp3) is 0.467. The smallest absolute Gasteiger partial charge is 0.253 e. The highest BCUT2D eigenvalue weighted by Crippen LogP contribution is 2.45. The van der Waals surface area contributed by atoms with Crippen molar-refractivity contribution in [2.24, 2.45) is 0 Å². The molecule has 1 heterocycles. The molecular formula is C15H16FNO2. The number of piperidine rings is 1. The van der Waals surface area contributed by atoms with E-state index in [9.17, 15) is 14.0 Å². The van der Waals surface area contributed by atoms with Gasteiger partial charge in [0.15, 0.2) is 12.5 Å². The van der Waals surface area contributed by atoms with Crippen molar-refractivity contribution in [3.8, 4) is 0 Å². The van der Waals surface area contributed by atoms with E-state index in [0.29, 0.717) is 19.5 Å². The van der Waals surface area contributed by atoms with E-state index in [4.69, 9.17) is 0 Å². The first-order valence-corrected chi connectivity index (χ1v) is 6.63. The molecule has 1 aromatic rings. The summed E-state index contributed by atoms with van der Waals surface area (Å²) in [6, 6.07) is 7.74. The third-order valence-corrected chi connectivity index (χ3v) is 4.49. The van der Waals surface area contributed by atoms with Gasteiger partial charge < -0.3 is 4.90 Å². The predicted molar refractivity (Wildman–Crippen MR) is 68.9 cm³/mol. The number of likely N-dealkylation sites (tertiary alicyclic amines) is 1.